The van der Waals surface area contributed by atoms with Crippen LogP contribution in [0.1, 0.15) is 73.2 Å². The zero-order valence-corrected chi connectivity index (χ0v) is 25.0. The second kappa shape index (κ2) is 10.6. The van der Waals surface area contributed by atoms with E-state index in [9.17, 15) is 9.59 Å². The summed E-state index contributed by atoms with van der Waals surface area (Å²) in [5.41, 5.74) is 2.08. The van der Waals surface area contributed by atoms with Crippen LogP contribution in [0.3, 0.4) is 0 Å². The first-order chi connectivity index (χ1) is 17.1. The van der Waals surface area contributed by atoms with Crippen LogP contribution in [-0.4, -0.2) is 38.2 Å². The number of benzene rings is 1. The summed E-state index contributed by atoms with van der Waals surface area (Å²) >= 11 is 0. The Bertz CT molecular complexity index is 1090. The van der Waals surface area contributed by atoms with Crippen molar-refractivity contribution in [2.24, 2.45) is 5.41 Å². The molecule has 1 saturated heterocycles. The minimum atomic E-state index is -2.17. The number of hydrogen-bond acceptors (Lipinski definition) is 5. The lowest BCUT2D eigenvalue weighted by Gasteiger charge is -2.54. The van der Waals surface area contributed by atoms with Crippen LogP contribution in [0.25, 0.3) is 0 Å². The molecule has 1 aliphatic heterocycles. The predicted octanol–water partition coefficient (Wildman–Crippen LogP) is 7.27. The Morgan fingerprint density at radius 3 is 2.38 bits per heavy atom. The van der Waals surface area contributed by atoms with Crippen LogP contribution < -0.4 is 0 Å². The molecule has 0 radical (unpaired) electrons. The van der Waals surface area contributed by atoms with E-state index in [0.717, 1.165) is 23.0 Å². The van der Waals surface area contributed by atoms with Gasteiger partial charge in [-0.3, -0.25) is 9.59 Å². The van der Waals surface area contributed by atoms with Gasteiger partial charge in [0, 0.05) is 23.8 Å². The summed E-state index contributed by atoms with van der Waals surface area (Å²) in [4.78, 5) is 24.4. The molecule has 0 bridgehead atoms. The van der Waals surface area contributed by atoms with Gasteiger partial charge >= 0.3 is 0 Å². The molecule has 0 unspecified atom stereocenters. The van der Waals surface area contributed by atoms with E-state index in [1.807, 2.05) is 30.3 Å². The molecule has 4 atom stereocenters. The Hall–Kier alpha value is -2.12. The van der Waals surface area contributed by atoms with Gasteiger partial charge < -0.3 is 13.9 Å². The maximum atomic E-state index is 13.0. The SMILES string of the molecule is C=C(C)C(=O)CC1=C(C)[C@H](O[Si](C)(C)C(C)(C)C)C[C@]2(O[C@@H](c3ccccc3)O[C@H]2/C=C/C=O)C1(C)C. The van der Waals surface area contributed by atoms with Crippen molar-refractivity contribution in [3.8, 4) is 0 Å². The van der Waals surface area contributed by atoms with Gasteiger partial charge in [-0.15, -0.1) is 0 Å². The van der Waals surface area contributed by atoms with Gasteiger partial charge in [-0.1, -0.05) is 77.1 Å². The number of carbonyl (C=O) groups excluding carboxylic acids is 2. The Kier molecular flexibility index (Phi) is 8.40. The van der Waals surface area contributed by atoms with Crippen molar-refractivity contribution in [2.75, 3.05) is 0 Å². The summed E-state index contributed by atoms with van der Waals surface area (Å²) in [7, 11) is -2.17. The average Bonchev–Trinajstić information content (AvgIpc) is 3.18. The zero-order valence-electron chi connectivity index (χ0n) is 24.0. The molecule has 0 amide bonds. The molecule has 5 nitrogen and oxygen atoms in total. The van der Waals surface area contributed by atoms with E-state index in [0.29, 0.717) is 12.0 Å². The van der Waals surface area contributed by atoms with Crippen LogP contribution in [0, 0.1) is 5.41 Å². The second-order valence-corrected chi connectivity index (χ2v) is 17.3. The first-order valence-corrected chi connectivity index (χ1v) is 16.0. The van der Waals surface area contributed by atoms with Crippen molar-refractivity contribution in [1.29, 1.82) is 0 Å². The van der Waals surface area contributed by atoms with E-state index in [1.165, 1.54) is 6.08 Å². The zero-order chi connectivity index (χ0) is 27.8. The van der Waals surface area contributed by atoms with E-state index in [2.05, 4.69) is 61.2 Å². The summed E-state index contributed by atoms with van der Waals surface area (Å²) in [6.45, 7) is 23.2. The highest BCUT2D eigenvalue weighted by molar-refractivity contribution is 6.74. The molecule has 2 aliphatic rings. The summed E-state index contributed by atoms with van der Waals surface area (Å²) in [5.74, 6) is 0.00376. The van der Waals surface area contributed by atoms with Crippen LogP contribution in [-0.2, 0) is 23.5 Å². The van der Waals surface area contributed by atoms with Gasteiger partial charge in [-0.25, -0.2) is 0 Å². The fourth-order valence-electron chi connectivity index (χ4n) is 5.26. The van der Waals surface area contributed by atoms with E-state index in [4.69, 9.17) is 13.9 Å². The van der Waals surface area contributed by atoms with E-state index in [1.54, 1.807) is 13.0 Å². The molecular weight excluding hydrogens is 480 g/mol. The van der Waals surface area contributed by atoms with Gasteiger partial charge in [0.15, 0.2) is 20.4 Å². The highest BCUT2D eigenvalue weighted by atomic mass is 28.4. The van der Waals surface area contributed by atoms with Gasteiger partial charge in [0.1, 0.15) is 18.0 Å². The monoisotopic (exact) mass is 524 g/mol. The number of aldehydes is 1. The van der Waals surface area contributed by atoms with E-state index >= 15 is 0 Å². The van der Waals surface area contributed by atoms with Crippen LogP contribution in [0.4, 0.5) is 0 Å². The lowest BCUT2D eigenvalue weighted by atomic mass is 9.58. The summed E-state index contributed by atoms with van der Waals surface area (Å²) < 4.78 is 20.5. The Balaban J connectivity index is 2.20. The maximum absolute atomic E-state index is 13.0. The quantitative estimate of drug-likeness (QED) is 0.155. The molecule has 1 aromatic rings. The van der Waals surface area contributed by atoms with Gasteiger partial charge in [0.25, 0.3) is 0 Å². The largest absolute Gasteiger partial charge is 0.410 e. The van der Waals surface area contributed by atoms with E-state index in [-0.39, 0.29) is 23.3 Å². The van der Waals surface area contributed by atoms with E-state index < -0.39 is 31.7 Å². The number of allylic oxidation sites excluding steroid dienone is 2. The predicted molar refractivity (Wildman–Crippen MR) is 151 cm³/mol. The number of hydrogen-bond donors (Lipinski definition) is 0. The van der Waals surface area contributed by atoms with Crippen LogP contribution in [0.15, 0.2) is 65.8 Å². The molecule has 1 fully saturated rings. The van der Waals surface area contributed by atoms with Crippen molar-refractivity contribution < 1.29 is 23.5 Å². The Morgan fingerprint density at radius 2 is 1.84 bits per heavy atom. The fraction of sp³-hybridized carbons (Fsp3) is 0.548. The van der Waals surface area contributed by atoms with Crippen LogP contribution in [0.2, 0.25) is 18.1 Å². The molecule has 1 aromatic carbocycles. The third kappa shape index (κ3) is 5.53. The lowest BCUT2D eigenvalue weighted by Crippen LogP contribution is -2.59. The second-order valence-electron chi connectivity index (χ2n) is 12.6. The normalized spacial score (nSPS) is 28.2. The molecule has 3 rings (SSSR count). The lowest BCUT2D eigenvalue weighted by molar-refractivity contribution is -0.144. The van der Waals surface area contributed by atoms with Crippen LogP contribution in [0.5, 0.6) is 0 Å². The molecule has 0 N–H and O–H groups in total. The van der Waals surface area contributed by atoms with Gasteiger partial charge in [0.2, 0.25) is 0 Å². The van der Waals surface area contributed by atoms with Crippen molar-refractivity contribution in [1.82, 2.24) is 0 Å². The molecule has 0 aromatic heterocycles. The third-order valence-electron chi connectivity index (χ3n) is 8.80. The first kappa shape index (κ1) is 29.4. The molecule has 6 heteroatoms. The molecule has 1 spiro atoms. The number of ketones is 1. The molecule has 37 heavy (non-hydrogen) atoms. The highest BCUT2D eigenvalue weighted by Crippen LogP contribution is 2.59. The maximum Gasteiger partial charge on any atom is 0.192 e. The smallest absolute Gasteiger partial charge is 0.192 e. The average molecular weight is 525 g/mol. The fourth-order valence-corrected chi connectivity index (χ4v) is 6.59. The van der Waals surface area contributed by atoms with Gasteiger partial charge in [-0.05, 0) is 55.3 Å². The van der Waals surface area contributed by atoms with Crippen molar-refractivity contribution in [2.45, 2.75) is 104 Å². The van der Waals surface area contributed by atoms with Crippen molar-refractivity contribution in [3.63, 3.8) is 0 Å². The minimum Gasteiger partial charge on any atom is -0.410 e. The number of rotatable bonds is 8. The summed E-state index contributed by atoms with van der Waals surface area (Å²) in [5, 5.41) is 0.0114. The van der Waals surface area contributed by atoms with Crippen molar-refractivity contribution in [3.05, 3.63) is 71.3 Å². The summed E-state index contributed by atoms with van der Waals surface area (Å²) in [6.07, 6.45) is 3.48. The number of ether oxygens (including phenoxy) is 2. The van der Waals surface area contributed by atoms with Gasteiger partial charge in [0.05, 0.1) is 6.10 Å². The molecule has 202 valence electrons. The number of carbonyl (C=O) groups is 2. The van der Waals surface area contributed by atoms with Crippen molar-refractivity contribution >= 4 is 20.4 Å². The van der Waals surface area contributed by atoms with Gasteiger partial charge in [-0.2, -0.15) is 0 Å². The number of Topliss-reactive ketones (excluding diaryl/α,β-unsaturated/α-hetero) is 1. The highest BCUT2D eigenvalue weighted by Gasteiger charge is 2.63. The molecular formula is C31H44O5Si. The Morgan fingerprint density at radius 1 is 1.22 bits per heavy atom. The van der Waals surface area contributed by atoms with Crippen LogP contribution >= 0.6 is 0 Å². The first-order valence-electron chi connectivity index (χ1n) is 13.1. The minimum absolute atomic E-state index is 0.00376. The molecule has 0 saturated carbocycles. The molecule has 1 heterocycles. The molecule has 1 aliphatic carbocycles. The Labute approximate surface area is 224 Å². The standard InChI is InChI=1S/C31H44O5Si/c1-21(2)25(33)19-24-22(3)26(36-37(9,10)29(4,5)6)20-31(30(24,7)8)27(17-14-18-32)34-28(35-31)23-15-12-11-13-16-23/h11-18,26-28H,1,19-20H2,2-10H3/b17-14+/t26-,27+,28+,31-/m1/s1. The topological polar surface area (TPSA) is 61.8 Å². The summed E-state index contributed by atoms with van der Waals surface area (Å²) in [6, 6.07) is 9.84. The third-order valence-corrected chi connectivity index (χ3v) is 13.3.